The average molecular weight is 385 g/mol. The molecule has 0 saturated carbocycles. The number of aromatic nitrogens is 3. The summed E-state index contributed by atoms with van der Waals surface area (Å²) in [4.78, 5) is 30.3. The molecule has 3 rings (SSSR count). The molecular formula is C19H20FN5O3. The second-order valence-corrected chi connectivity index (χ2v) is 6.51. The molecule has 3 aromatic rings. The maximum atomic E-state index is 14.0. The topological polar surface area (TPSA) is 93.3 Å². The lowest BCUT2D eigenvalue weighted by atomic mass is 10.1. The smallest absolute Gasteiger partial charge is 0.277 e. The quantitative estimate of drug-likeness (QED) is 0.729. The van der Waals surface area contributed by atoms with Crippen LogP contribution in [0.15, 0.2) is 35.1 Å². The third kappa shape index (κ3) is 4.25. The number of oxazole rings is 1. The maximum Gasteiger partial charge on any atom is 0.277 e. The Bertz CT molecular complexity index is 1040. The molecule has 0 radical (unpaired) electrons. The molecular weight excluding hydrogens is 365 g/mol. The van der Waals surface area contributed by atoms with Crippen LogP contribution in [0, 0.1) is 19.7 Å². The van der Waals surface area contributed by atoms with Gasteiger partial charge in [-0.1, -0.05) is 0 Å². The third-order valence-electron chi connectivity index (χ3n) is 4.12. The van der Waals surface area contributed by atoms with Crippen LogP contribution in [0.3, 0.4) is 0 Å². The Morgan fingerprint density at radius 2 is 2.04 bits per heavy atom. The SMILES string of the molecule is Cc1nc(C(=O)Nc2cc(F)cc(C(=O)N(C)Cc3cn(C)nc3C)c2)co1. The van der Waals surface area contributed by atoms with Crippen molar-refractivity contribution >= 4 is 17.5 Å². The molecule has 0 aliphatic heterocycles. The zero-order valence-electron chi connectivity index (χ0n) is 16.0. The number of halogens is 1. The van der Waals surface area contributed by atoms with Crippen molar-refractivity contribution in [2.75, 3.05) is 12.4 Å². The number of nitrogens with zero attached hydrogens (tertiary/aromatic N) is 4. The number of aryl methyl sites for hydroxylation is 3. The molecule has 1 aromatic carbocycles. The van der Waals surface area contributed by atoms with Crippen molar-refractivity contribution < 1.29 is 18.4 Å². The lowest BCUT2D eigenvalue weighted by molar-refractivity contribution is 0.0784. The number of rotatable bonds is 5. The summed E-state index contributed by atoms with van der Waals surface area (Å²) in [5.41, 5.74) is 2.05. The number of anilines is 1. The van der Waals surface area contributed by atoms with Crippen molar-refractivity contribution in [3.05, 3.63) is 64.9 Å². The second-order valence-electron chi connectivity index (χ2n) is 6.51. The molecule has 2 heterocycles. The fourth-order valence-electron chi connectivity index (χ4n) is 2.80. The molecule has 9 heteroatoms. The van der Waals surface area contributed by atoms with E-state index in [1.807, 2.05) is 13.1 Å². The molecule has 0 unspecified atom stereocenters. The number of nitrogens with one attached hydrogen (secondary N) is 1. The molecule has 0 bridgehead atoms. The summed E-state index contributed by atoms with van der Waals surface area (Å²) in [7, 11) is 3.42. The number of amides is 2. The van der Waals surface area contributed by atoms with Crippen molar-refractivity contribution in [2.24, 2.45) is 7.05 Å². The van der Waals surface area contributed by atoms with Crippen LogP contribution in [-0.4, -0.2) is 38.5 Å². The van der Waals surface area contributed by atoms with Gasteiger partial charge in [-0.15, -0.1) is 0 Å². The van der Waals surface area contributed by atoms with Gasteiger partial charge in [-0.3, -0.25) is 14.3 Å². The minimum Gasteiger partial charge on any atom is -0.448 e. The Kier molecular flexibility index (Phi) is 5.25. The molecule has 28 heavy (non-hydrogen) atoms. The summed E-state index contributed by atoms with van der Waals surface area (Å²) < 4.78 is 20.7. The van der Waals surface area contributed by atoms with Crippen molar-refractivity contribution in [3.63, 3.8) is 0 Å². The van der Waals surface area contributed by atoms with Crippen LogP contribution in [0.1, 0.15) is 38.0 Å². The predicted molar refractivity (Wildman–Crippen MR) is 99.3 cm³/mol. The molecule has 1 N–H and O–H groups in total. The van der Waals surface area contributed by atoms with Gasteiger partial charge in [0.25, 0.3) is 11.8 Å². The van der Waals surface area contributed by atoms with E-state index in [1.165, 1.54) is 17.2 Å². The van der Waals surface area contributed by atoms with Crippen LogP contribution in [-0.2, 0) is 13.6 Å². The molecule has 2 aromatic heterocycles. The Hall–Kier alpha value is -3.49. The van der Waals surface area contributed by atoms with Crippen LogP contribution >= 0.6 is 0 Å². The molecule has 0 atom stereocenters. The van der Waals surface area contributed by atoms with Crippen molar-refractivity contribution in [2.45, 2.75) is 20.4 Å². The van der Waals surface area contributed by atoms with Gasteiger partial charge in [0, 0.05) is 50.6 Å². The van der Waals surface area contributed by atoms with Gasteiger partial charge < -0.3 is 14.6 Å². The Morgan fingerprint density at radius 3 is 2.64 bits per heavy atom. The fraction of sp³-hybridized carbons (Fsp3) is 0.263. The van der Waals surface area contributed by atoms with Crippen LogP contribution in [0.5, 0.6) is 0 Å². The molecule has 8 nitrogen and oxygen atoms in total. The van der Waals surface area contributed by atoms with E-state index in [0.29, 0.717) is 12.4 Å². The van der Waals surface area contributed by atoms with E-state index in [4.69, 9.17) is 4.42 Å². The number of hydrogen-bond donors (Lipinski definition) is 1. The van der Waals surface area contributed by atoms with Gasteiger partial charge in [-0.05, 0) is 25.1 Å². The minimum absolute atomic E-state index is 0.0683. The van der Waals surface area contributed by atoms with E-state index >= 15 is 0 Å². The molecule has 146 valence electrons. The zero-order valence-corrected chi connectivity index (χ0v) is 16.0. The summed E-state index contributed by atoms with van der Waals surface area (Å²) in [6.45, 7) is 3.79. The standard InChI is InChI=1S/C19H20FN5O3/c1-11-14(9-25(4)23-11)8-24(3)19(27)13-5-15(20)7-16(6-13)22-18(26)17-10-28-12(2)21-17/h5-7,9-10H,8H2,1-4H3,(H,22,26). The molecule has 0 fully saturated rings. The normalized spacial score (nSPS) is 10.8. The van der Waals surface area contributed by atoms with Gasteiger partial charge in [0.15, 0.2) is 11.6 Å². The van der Waals surface area contributed by atoms with Gasteiger partial charge in [0.1, 0.15) is 12.1 Å². The summed E-state index contributed by atoms with van der Waals surface area (Å²) in [6, 6.07) is 3.68. The number of benzene rings is 1. The Labute approximate surface area is 161 Å². The van der Waals surface area contributed by atoms with Crippen LogP contribution < -0.4 is 5.32 Å². The summed E-state index contributed by atoms with van der Waals surface area (Å²) in [6.07, 6.45) is 3.04. The first-order valence-electron chi connectivity index (χ1n) is 8.51. The largest absolute Gasteiger partial charge is 0.448 e. The second kappa shape index (κ2) is 7.63. The van der Waals surface area contributed by atoms with Crippen LogP contribution in [0.25, 0.3) is 0 Å². The highest BCUT2D eigenvalue weighted by molar-refractivity contribution is 6.03. The van der Waals surface area contributed by atoms with Crippen molar-refractivity contribution in [3.8, 4) is 0 Å². The van der Waals surface area contributed by atoms with E-state index in [0.717, 1.165) is 23.4 Å². The molecule has 0 aliphatic rings. The lowest BCUT2D eigenvalue weighted by Crippen LogP contribution is -2.26. The first-order chi connectivity index (χ1) is 13.2. The van der Waals surface area contributed by atoms with Gasteiger partial charge in [-0.2, -0.15) is 5.10 Å². The van der Waals surface area contributed by atoms with E-state index < -0.39 is 11.7 Å². The van der Waals surface area contributed by atoms with Crippen molar-refractivity contribution in [1.82, 2.24) is 19.7 Å². The first-order valence-corrected chi connectivity index (χ1v) is 8.51. The summed E-state index contributed by atoms with van der Waals surface area (Å²) in [5.74, 6) is -1.23. The monoisotopic (exact) mass is 385 g/mol. The maximum absolute atomic E-state index is 14.0. The van der Waals surface area contributed by atoms with E-state index in [2.05, 4.69) is 15.4 Å². The van der Waals surface area contributed by atoms with Crippen LogP contribution in [0.2, 0.25) is 0 Å². The Balaban J connectivity index is 1.77. The highest BCUT2D eigenvalue weighted by atomic mass is 19.1. The minimum atomic E-state index is -0.636. The fourth-order valence-corrected chi connectivity index (χ4v) is 2.80. The first kappa shape index (κ1) is 19.3. The lowest BCUT2D eigenvalue weighted by Gasteiger charge is -2.17. The van der Waals surface area contributed by atoms with Gasteiger partial charge in [0.2, 0.25) is 0 Å². The molecule has 0 saturated heterocycles. The van der Waals surface area contributed by atoms with E-state index in [1.54, 1.807) is 25.7 Å². The summed E-state index contributed by atoms with van der Waals surface area (Å²) in [5, 5.41) is 6.77. The summed E-state index contributed by atoms with van der Waals surface area (Å²) >= 11 is 0. The predicted octanol–water partition coefficient (Wildman–Crippen LogP) is 2.69. The molecule has 0 aliphatic carbocycles. The van der Waals surface area contributed by atoms with Gasteiger partial charge >= 0.3 is 0 Å². The van der Waals surface area contributed by atoms with Crippen molar-refractivity contribution in [1.29, 1.82) is 0 Å². The van der Waals surface area contributed by atoms with Gasteiger partial charge in [-0.25, -0.2) is 9.37 Å². The van der Waals surface area contributed by atoms with E-state index in [-0.39, 0.29) is 22.9 Å². The number of carbonyl (C=O) groups is 2. The number of hydrogen-bond acceptors (Lipinski definition) is 5. The zero-order chi connectivity index (χ0) is 20.4. The average Bonchev–Trinajstić information content (AvgIpc) is 3.18. The van der Waals surface area contributed by atoms with Crippen LogP contribution in [0.4, 0.5) is 10.1 Å². The third-order valence-corrected chi connectivity index (χ3v) is 4.12. The highest BCUT2D eigenvalue weighted by Gasteiger charge is 2.17. The number of carbonyl (C=O) groups excluding carboxylic acids is 2. The van der Waals surface area contributed by atoms with E-state index in [9.17, 15) is 14.0 Å². The highest BCUT2D eigenvalue weighted by Crippen LogP contribution is 2.18. The molecule has 2 amide bonds. The molecule has 0 spiro atoms. The Morgan fingerprint density at radius 1 is 1.29 bits per heavy atom. The van der Waals surface area contributed by atoms with Gasteiger partial charge in [0.05, 0.1) is 5.69 Å².